The molecule has 0 saturated carbocycles. The lowest BCUT2D eigenvalue weighted by atomic mass is 9.75. The molecular weight excluding hydrogens is 567 g/mol. The first-order valence-electron chi connectivity index (χ1n) is 16.6. The van der Waals surface area contributed by atoms with E-state index >= 15 is 0 Å². The maximum Gasteiger partial charge on any atom is 0.249 e. The number of fused-ring (bicyclic) bond motifs is 2. The Labute approximate surface area is 265 Å². The normalized spacial score (nSPS) is 28.1. The average molecular weight is 628 g/mol. The summed E-state index contributed by atoms with van der Waals surface area (Å²) in [7, 11) is -3.92. The SMILES string of the molecule is CC1(C)CC=C(c2cc(C3CC4(CO[Si](C)(C)C(C)(C)C)CCC(CO[Si](C)(C)C(C)(C)C)(C3)O4)ccc2C(N)=O)CC1. The Hall–Kier alpha value is -1.26. The van der Waals surface area contributed by atoms with Crippen molar-refractivity contribution in [3.8, 4) is 0 Å². The largest absolute Gasteiger partial charge is 0.414 e. The number of benzene rings is 1. The number of primary amides is 1. The van der Waals surface area contributed by atoms with Gasteiger partial charge < -0.3 is 19.3 Å². The van der Waals surface area contributed by atoms with Gasteiger partial charge in [-0.3, -0.25) is 4.79 Å². The van der Waals surface area contributed by atoms with Crippen molar-refractivity contribution in [2.45, 2.75) is 154 Å². The standard InChI is InChI=1S/C36H61NO4Si2/c1-32(2,3)42(9,10)39-24-35-19-20-36(41-35,25-40-43(11,12)33(4,5)6)23-28(22-35)27-13-14-29(31(37)38)30(21-27)26-15-17-34(7,8)18-16-26/h13-15,21,28H,16-20,22-25H2,1-12H3,(H2,37,38). The molecule has 2 unspecified atom stereocenters. The molecule has 2 fully saturated rings. The fourth-order valence-electron chi connectivity index (χ4n) is 6.51. The van der Waals surface area contributed by atoms with Crippen molar-refractivity contribution in [2.24, 2.45) is 11.1 Å². The van der Waals surface area contributed by atoms with E-state index in [4.69, 9.17) is 19.3 Å². The van der Waals surface area contributed by atoms with Gasteiger partial charge in [-0.05, 0) is 115 Å². The minimum atomic E-state index is -1.96. The van der Waals surface area contributed by atoms with Crippen molar-refractivity contribution >= 4 is 28.1 Å². The lowest BCUT2D eigenvalue weighted by Gasteiger charge is -2.47. The van der Waals surface area contributed by atoms with Crippen molar-refractivity contribution in [3.05, 3.63) is 41.0 Å². The zero-order valence-electron chi connectivity index (χ0n) is 29.5. The highest BCUT2D eigenvalue weighted by Gasteiger charge is 2.57. The molecule has 2 saturated heterocycles. The number of ether oxygens (including phenoxy) is 1. The quantitative estimate of drug-likeness (QED) is 0.277. The van der Waals surface area contributed by atoms with Crippen LogP contribution in [0.15, 0.2) is 24.3 Å². The minimum absolute atomic E-state index is 0.140. The third-order valence-electron chi connectivity index (χ3n) is 11.8. The predicted octanol–water partition coefficient (Wildman–Crippen LogP) is 9.59. The minimum Gasteiger partial charge on any atom is -0.414 e. The Kier molecular flexibility index (Phi) is 9.27. The monoisotopic (exact) mass is 627 g/mol. The summed E-state index contributed by atoms with van der Waals surface area (Å²) >= 11 is 0. The van der Waals surface area contributed by atoms with Crippen LogP contribution >= 0.6 is 0 Å². The molecule has 1 aliphatic carbocycles. The number of hydrogen-bond donors (Lipinski definition) is 1. The maximum absolute atomic E-state index is 12.6. The summed E-state index contributed by atoms with van der Waals surface area (Å²) in [6.45, 7) is 29.1. The maximum atomic E-state index is 12.6. The third kappa shape index (κ3) is 7.43. The van der Waals surface area contributed by atoms with Gasteiger partial charge in [0.1, 0.15) is 0 Å². The third-order valence-corrected chi connectivity index (χ3v) is 20.8. The first kappa shape index (κ1) is 34.6. The van der Waals surface area contributed by atoms with Crippen LogP contribution in [0.25, 0.3) is 5.57 Å². The van der Waals surface area contributed by atoms with E-state index in [0.717, 1.165) is 50.5 Å². The van der Waals surface area contributed by atoms with E-state index in [1.54, 1.807) is 0 Å². The van der Waals surface area contributed by atoms with Crippen molar-refractivity contribution < 1.29 is 18.4 Å². The van der Waals surface area contributed by atoms with Crippen LogP contribution in [0.5, 0.6) is 0 Å². The van der Waals surface area contributed by atoms with E-state index in [-0.39, 0.29) is 27.2 Å². The van der Waals surface area contributed by atoms with E-state index < -0.39 is 16.6 Å². The van der Waals surface area contributed by atoms with Crippen LogP contribution in [0.1, 0.15) is 128 Å². The lowest BCUT2D eigenvalue weighted by Crippen LogP contribution is -2.53. The second-order valence-electron chi connectivity index (χ2n) is 17.9. The van der Waals surface area contributed by atoms with Gasteiger partial charge in [-0.25, -0.2) is 0 Å². The van der Waals surface area contributed by atoms with Gasteiger partial charge in [0.25, 0.3) is 0 Å². The molecule has 0 aromatic heterocycles. The van der Waals surface area contributed by atoms with Gasteiger partial charge >= 0.3 is 0 Å². The summed E-state index contributed by atoms with van der Waals surface area (Å²) in [5.74, 6) is -0.0543. The van der Waals surface area contributed by atoms with E-state index in [2.05, 4.69) is 99.8 Å². The molecule has 0 radical (unpaired) electrons. The summed E-state index contributed by atoms with van der Waals surface area (Å²) in [5.41, 5.74) is 9.76. The highest BCUT2D eigenvalue weighted by Crippen LogP contribution is 2.55. The van der Waals surface area contributed by atoms with Gasteiger partial charge in [0.2, 0.25) is 5.91 Å². The molecule has 3 aliphatic rings. The van der Waals surface area contributed by atoms with E-state index in [1.807, 2.05) is 6.07 Å². The number of hydrogen-bond acceptors (Lipinski definition) is 4. The summed E-state index contributed by atoms with van der Waals surface area (Å²) in [6, 6.07) is 6.41. The fraction of sp³-hybridized carbons (Fsp3) is 0.750. The Balaban J connectivity index is 1.70. The van der Waals surface area contributed by atoms with Crippen LogP contribution < -0.4 is 5.73 Å². The van der Waals surface area contributed by atoms with E-state index in [9.17, 15) is 4.79 Å². The zero-order valence-corrected chi connectivity index (χ0v) is 31.5. The highest BCUT2D eigenvalue weighted by molar-refractivity contribution is 6.74. The summed E-state index contributed by atoms with van der Waals surface area (Å²) < 4.78 is 20.9. The zero-order chi connectivity index (χ0) is 32.3. The number of nitrogens with two attached hydrogens (primary N) is 1. The summed E-state index contributed by atoms with van der Waals surface area (Å²) in [6.07, 6.45) is 9.27. The molecule has 242 valence electrons. The van der Waals surface area contributed by atoms with Gasteiger partial charge in [0.15, 0.2) is 16.6 Å². The molecule has 2 heterocycles. The van der Waals surface area contributed by atoms with Crippen LogP contribution in [-0.2, 0) is 13.6 Å². The van der Waals surface area contributed by atoms with Crippen molar-refractivity contribution in [1.29, 1.82) is 0 Å². The second kappa shape index (κ2) is 11.5. The lowest BCUT2D eigenvalue weighted by molar-refractivity contribution is -0.173. The molecule has 2 aliphatic heterocycles. The molecule has 7 heteroatoms. The molecule has 43 heavy (non-hydrogen) atoms. The van der Waals surface area contributed by atoms with Crippen LogP contribution in [0.2, 0.25) is 36.3 Å². The number of amides is 1. The van der Waals surface area contributed by atoms with Crippen LogP contribution in [0.3, 0.4) is 0 Å². The smallest absolute Gasteiger partial charge is 0.249 e. The Morgan fingerprint density at radius 2 is 1.42 bits per heavy atom. The number of allylic oxidation sites excluding steroid dienone is 2. The Bertz CT molecular complexity index is 1190. The summed E-state index contributed by atoms with van der Waals surface area (Å²) in [4.78, 5) is 12.6. The van der Waals surface area contributed by atoms with Gasteiger partial charge in [-0.1, -0.05) is 73.6 Å². The van der Waals surface area contributed by atoms with Crippen molar-refractivity contribution in [3.63, 3.8) is 0 Å². The van der Waals surface area contributed by atoms with E-state index in [1.165, 1.54) is 11.1 Å². The first-order valence-corrected chi connectivity index (χ1v) is 22.4. The number of carbonyl (C=O) groups is 1. The molecule has 2 bridgehead atoms. The van der Waals surface area contributed by atoms with Gasteiger partial charge in [-0.15, -0.1) is 0 Å². The van der Waals surface area contributed by atoms with Crippen LogP contribution in [0.4, 0.5) is 0 Å². The van der Waals surface area contributed by atoms with Gasteiger partial charge in [0.05, 0.1) is 24.4 Å². The van der Waals surface area contributed by atoms with Crippen LogP contribution in [0, 0.1) is 5.41 Å². The van der Waals surface area contributed by atoms with Gasteiger partial charge in [-0.2, -0.15) is 0 Å². The average Bonchev–Trinajstić information content (AvgIpc) is 3.15. The highest BCUT2D eigenvalue weighted by atomic mass is 28.4. The molecule has 1 amide bonds. The van der Waals surface area contributed by atoms with Gasteiger partial charge in [0, 0.05) is 5.56 Å². The number of carbonyl (C=O) groups excluding carboxylic acids is 1. The van der Waals surface area contributed by atoms with E-state index in [0.29, 0.717) is 30.1 Å². The Morgan fingerprint density at radius 3 is 1.84 bits per heavy atom. The molecule has 0 spiro atoms. The molecule has 1 aromatic carbocycles. The molecule has 5 nitrogen and oxygen atoms in total. The van der Waals surface area contributed by atoms with Crippen LogP contribution in [-0.4, -0.2) is 47.0 Å². The van der Waals surface area contributed by atoms with Crippen molar-refractivity contribution in [2.75, 3.05) is 13.2 Å². The Morgan fingerprint density at radius 1 is 0.907 bits per heavy atom. The van der Waals surface area contributed by atoms with Crippen molar-refractivity contribution in [1.82, 2.24) is 0 Å². The number of rotatable bonds is 9. The second-order valence-corrected chi connectivity index (χ2v) is 27.6. The summed E-state index contributed by atoms with van der Waals surface area (Å²) in [5, 5.41) is 0.279. The molecular formula is C36H61NO4Si2. The molecule has 4 rings (SSSR count). The first-order chi connectivity index (χ1) is 19.5. The predicted molar refractivity (Wildman–Crippen MR) is 185 cm³/mol. The topological polar surface area (TPSA) is 70.8 Å². The fourth-order valence-corrected chi connectivity index (χ4v) is 8.62. The molecule has 2 N–H and O–H groups in total. The molecule has 2 atom stereocenters. The molecule has 1 aromatic rings.